The van der Waals surface area contributed by atoms with Gasteiger partial charge in [-0.3, -0.25) is 10.1 Å². The average molecular weight is 284 g/mol. The van der Waals surface area contributed by atoms with E-state index < -0.39 is 47.8 Å². The van der Waals surface area contributed by atoms with E-state index in [0.717, 1.165) is 0 Å². The number of alkyl halides is 3. The molecule has 1 saturated heterocycles. The molecule has 1 rings (SSSR count). The van der Waals surface area contributed by atoms with Gasteiger partial charge in [0.05, 0.1) is 5.92 Å². The van der Waals surface area contributed by atoms with Gasteiger partial charge in [0.15, 0.2) is 0 Å². The molecule has 9 heteroatoms. The predicted octanol–water partition coefficient (Wildman–Crippen LogP) is 2.41. The summed E-state index contributed by atoms with van der Waals surface area (Å²) < 4.78 is 42.6. The number of ether oxygens (including phenoxy) is 1. The Labute approximate surface area is 107 Å². The Morgan fingerprint density at radius 3 is 2.26 bits per heavy atom. The number of likely N-dealkylation sites (tertiary alicyclic amines) is 1. The number of amides is 1. The molecule has 0 radical (unpaired) electrons. The van der Waals surface area contributed by atoms with Gasteiger partial charge in [-0.25, -0.2) is 9.69 Å². The highest BCUT2D eigenvalue weighted by molar-refractivity contribution is 5.68. The summed E-state index contributed by atoms with van der Waals surface area (Å²) in [5.74, 6) is -1.89. The molecule has 110 valence electrons. The molecule has 1 aliphatic rings. The van der Waals surface area contributed by atoms with Crippen LogP contribution in [0.2, 0.25) is 0 Å². The van der Waals surface area contributed by atoms with Crippen molar-refractivity contribution in [3.8, 4) is 0 Å². The van der Waals surface area contributed by atoms with Crippen molar-refractivity contribution in [1.29, 1.82) is 0 Å². The number of hydrogen-bond acceptors (Lipinski definition) is 4. The Balaban J connectivity index is 2.86. The zero-order chi connectivity index (χ0) is 15.0. The molecule has 0 aliphatic carbocycles. The minimum atomic E-state index is -4.56. The van der Waals surface area contributed by atoms with E-state index in [2.05, 4.69) is 0 Å². The molecule has 0 aromatic rings. The van der Waals surface area contributed by atoms with Crippen LogP contribution in [0.5, 0.6) is 0 Å². The Morgan fingerprint density at radius 1 is 1.37 bits per heavy atom. The van der Waals surface area contributed by atoms with E-state index in [-0.39, 0.29) is 0 Å². The fourth-order valence-electron chi connectivity index (χ4n) is 1.77. The van der Waals surface area contributed by atoms with Crippen molar-refractivity contribution in [3.05, 3.63) is 10.1 Å². The van der Waals surface area contributed by atoms with Crippen molar-refractivity contribution < 1.29 is 27.6 Å². The highest BCUT2D eigenvalue weighted by atomic mass is 19.4. The first-order valence-corrected chi connectivity index (χ1v) is 5.61. The third kappa shape index (κ3) is 3.97. The van der Waals surface area contributed by atoms with E-state index in [0.29, 0.717) is 4.90 Å². The summed E-state index contributed by atoms with van der Waals surface area (Å²) in [5.41, 5.74) is -0.922. The molecule has 1 amide bonds. The Kier molecular flexibility index (Phi) is 3.97. The van der Waals surface area contributed by atoms with Crippen LogP contribution in [0.3, 0.4) is 0 Å². The fourth-order valence-corrected chi connectivity index (χ4v) is 1.77. The van der Waals surface area contributed by atoms with Gasteiger partial charge in [0.1, 0.15) is 5.60 Å². The van der Waals surface area contributed by atoms with Crippen molar-refractivity contribution in [2.24, 2.45) is 5.92 Å². The molecule has 1 aliphatic heterocycles. The number of carbonyl (C=O) groups excluding carboxylic acids is 1. The summed E-state index contributed by atoms with van der Waals surface area (Å²) in [5, 5.41) is 10.7. The van der Waals surface area contributed by atoms with Crippen LogP contribution >= 0.6 is 0 Å². The molecule has 1 heterocycles. The molecule has 0 aromatic heterocycles. The number of rotatable bonds is 1. The first-order valence-electron chi connectivity index (χ1n) is 5.61. The van der Waals surface area contributed by atoms with E-state index in [1.54, 1.807) is 0 Å². The molecule has 0 N–H and O–H groups in total. The normalized spacial score (nSPS) is 24.4. The molecule has 0 aromatic carbocycles. The zero-order valence-electron chi connectivity index (χ0n) is 10.7. The van der Waals surface area contributed by atoms with Gasteiger partial charge in [0.2, 0.25) is 0 Å². The van der Waals surface area contributed by atoms with Crippen LogP contribution in [0, 0.1) is 16.0 Å². The number of nitro groups is 1. The van der Waals surface area contributed by atoms with Crippen LogP contribution < -0.4 is 0 Å². The van der Waals surface area contributed by atoms with Crippen molar-refractivity contribution >= 4 is 6.09 Å². The van der Waals surface area contributed by atoms with E-state index in [4.69, 9.17) is 4.74 Å². The van der Waals surface area contributed by atoms with Crippen LogP contribution in [0.15, 0.2) is 0 Å². The lowest BCUT2D eigenvalue weighted by atomic mass is 10.1. The average Bonchev–Trinajstić information content (AvgIpc) is 2.57. The lowest BCUT2D eigenvalue weighted by molar-refractivity contribution is -0.542. The fraction of sp³-hybridized carbons (Fsp3) is 0.900. The van der Waals surface area contributed by atoms with Gasteiger partial charge in [0.25, 0.3) is 6.17 Å². The number of carbonyl (C=O) groups is 1. The third-order valence-electron chi connectivity index (χ3n) is 2.61. The molecule has 1 fully saturated rings. The van der Waals surface area contributed by atoms with Gasteiger partial charge in [0, 0.05) is 17.9 Å². The molecule has 0 bridgehead atoms. The second kappa shape index (κ2) is 4.86. The summed E-state index contributed by atoms with van der Waals surface area (Å²) in [7, 11) is 0. The lowest BCUT2D eigenvalue weighted by Crippen LogP contribution is -2.43. The molecule has 19 heavy (non-hydrogen) atoms. The van der Waals surface area contributed by atoms with Gasteiger partial charge >= 0.3 is 12.3 Å². The second-order valence-electron chi connectivity index (χ2n) is 5.37. The van der Waals surface area contributed by atoms with Crippen LogP contribution in [0.1, 0.15) is 27.2 Å². The molecule has 2 atom stereocenters. The van der Waals surface area contributed by atoms with E-state index in [9.17, 15) is 28.1 Å². The lowest BCUT2D eigenvalue weighted by Gasteiger charge is -2.25. The van der Waals surface area contributed by atoms with Crippen LogP contribution in [-0.2, 0) is 4.74 Å². The van der Waals surface area contributed by atoms with Crippen molar-refractivity contribution in [3.63, 3.8) is 0 Å². The molecule has 6 nitrogen and oxygen atoms in total. The third-order valence-corrected chi connectivity index (χ3v) is 2.61. The van der Waals surface area contributed by atoms with Crippen molar-refractivity contribution in [1.82, 2.24) is 4.90 Å². The summed E-state index contributed by atoms with van der Waals surface area (Å²) in [4.78, 5) is 22.1. The first kappa shape index (κ1) is 15.5. The quantitative estimate of drug-likeness (QED) is 0.547. The van der Waals surface area contributed by atoms with Crippen molar-refractivity contribution in [2.75, 3.05) is 6.54 Å². The number of halogens is 3. The molecular formula is C10H15F3N2O4. The Hall–Kier alpha value is -1.54. The topological polar surface area (TPSA) is 72.7 Å². The predicted molar refractivity (Wildman–Crippen MR) is 57.9 cm³/mol. The molecule has 0 saturated carbocycles. The second-order valence-corrected chi connectivity index (χ2v) is 5.37. The van der Waals surface area contributed by atoms with Crippen LogP contribution in [0.25, 0.3) is 0 Å². The van der Waals surface area contributed by atoms with Gasteiger partial charge in [-0.05, 0) is 20.8 Å². The van der Waals surface area contributed by atoms with Gasteiger partial charge < -0.3 is 4.74 Å². The van der Waals surface area contributed by atoms with Gasteiger partial charge in [-0.15, -0.1) is 0 Å². The molecule has 0 unspecified atom stereocenters. The largest absolute Gasteiger partial charge is 0.444 e. The van der Waals surface area contributed by atoms with Crippen LogP contribution in [0.4, 0.5) is 18.0 Å². The maximum atomic E-state index is 12.6. The smallest absolute Gasteiger partial charge is 0.415 e. The van der Waals surface area contributed by atoms with E-state index in [1.165, 1.54) is 20.8 Å². The van der Waals surface area contributed by atoms with Gasteiger partial charge in [-0.2, -0.15) is 13.2 Å². The maximum absolute atomic E-state index is 12.6. The summed E-state index contributed by atoms with van der Waals surface area (Å²) >= 11 is 0. The minimum Gasteiger partial charge on any atom is -0.444 e. The summed E-state index contributed by atoms with van der Waals surface area (Å²) in [6, 6.07) is 0. The summed E-state index contributed by atoms with van der Waals surface area (Å²) in [6.45, 7) is 3.85. The SMILES string of the molecule is CC(C)(C)OC(=O)N1C[C@H](C(F)(F)F)C[C@H]1[N+](=O)[O-]. The van der Waals surface area contributed by atoms with Gasteiger partial charge in [-0.1, -0.05) is 0 Å². The molecular weight excluding hydrogens is 269 g/mol. The first-order chi connectivity index (χ1) is 8.42. The highest BCUT2D eigenvalue weighted by Gasteiger charge is 2.54. The Morgan fingerprint density at radius 2 is 1.89 bits per heavy atom. The van der Waals surface area contributed by atoms with E-state index in [1.807, 2.05) is 0 Å². The van der Waals surface area contributed by atoms with E-state index >= 15 is 0 Å². The number of nitrogens with zero attached hydrogens (tertiary/aromatic N) is 2. The van der Waals surface area contributed by atoms with Crippen molar-refractivity contribution in [2.45, 2.75) is 45.1 Å². The Bertz CT molecular complexity index is 378. The summed E-state index contributed by atoms with van der Waals surface area (Å²) in [6.07, 6.45) is -8.09. The van der Waals surface area contributed by atoms with Crippen LogP contribution in [-0.4, -0.2) is 40.4 Å². The molecule has 0 spiro atoms. The maximum Gasteiger partial charge on any atom is 0.415 e. The minimum absolute atomic E-state index is 0.531. The standard InChI is InChI=1S/C10H15F3N2O4/c1-9(2,3)19-8(16)14-5-6(10(11,12)13)4-7(14)15(17)18/h6-7H,4-5H2,1-3H3/t6-,7-/m1/s1. The monoisotopic (exact) mass is 284 g/mol. The zero-order valence-corrected chi connectivity index (χ0v) is 10.7. The highest BCUT2D eigenvalue weighted by Crippen LogP contribution is 2.37. The number of hydrogen-bond donors (Lipinski definition) is 0.